The van der Waals surface area contributed by atoms with E-state index in [-0.39, 0.29) is 5.91 Å². The quantitative estimate of drug-likeness (QED) is 0.782. The van der Waals surface area contributed by atoms with Gasteiger partial charge >= 0.3 is 0 Å². The molecule has 94 valence electrons. The van der Waals surface area contributed by atoms with Gasteiger partial charge in [-0.15, -0.1) is 11.3 Å². The van der Waals surface area contributed by atoms with E-state index in [0.717, 1.165) is 15.2 Å². The first-order valence-corrected chi connectivity index (χ1v) is 8.35. The molecule has 1 aromatic rings. The molecule has 5 heteroatoms. The summed E-state index contributed by atoms with van der Waals surface area (Å²) < 4.78 is 1.00. The van der Waals surface area contributed by atoms with E-state index in [1.54, 1.807) is 0 Å². The van der Waals surface area contributed by atoms with E-state index in [1.807, 2.05) is 12.1 Å². The molecule has 0 unspecified atom stereocenters. The molecular formula is C12H15Br2NOS. The standard InChI is InChI=1S/C12H15Br2NOS/c13-9-3-1-8(2-4-9)7-15-12(16)10-5-6-11(14)17-10/h5-6,8-9H,1-4,7H2,(H,15,16). The predicted molar refractivity (Wildman–Crippen MR) is 79.0 cm³/mol. The summed E-state index contributed by atoms with van der Waals surface area (Å²) in [5.41, 5.74) is 0. The molecule has 0 bridgehead atoms. The first-order valence-electron chi connectivity index (χ1n) is 5.83. The van der Waals surface area contributed by atoms with E-state index in [2.05, 4.69) is 37.2 Å². The van der Waals surface area contributed by atoms with E-state index in [1.165, 1.54) is 37.0 Å². The summed E-state index contributed by atoms with van der Waals surface area (Å²) in [6.45, 7) is 0.814. The van der Waals surface area contributed by atoms with Crippen LogP contribution in [0.5, 0.6) is 0 Å². The second-order valence-electron chi connectivity index (χ2n) is 4.43. The minimum absolute atomic E-state index is 0.0571. The number of nitrogens with one attached hydrogen (secondary N) is 1. The number of carbonyl (C=O) groups is 1. The largest absolute Gasteiger partial charge is 0.351 e. The van der Waals surface area contributed by atoms with Crippen LogP contribution in [0.25, 0.3) is 0 Å². The van der Waals surface area contributed by atoms with Gasteiger partial charge in [-0.3, -0.25) is 4.79 Å². The topological polar surface area (TPSA) is 29.1 Å². The number of hydrogen-bond donors (Lipinski definition) is 1. The molecule has 0 radical (unpaired) electrons. The number of halogens is 2. The molecule has 1 aliphatic rings. The molecule has 1 fully saturated rings. The lowest BCUT2D eigenvalue weighted by atomic mass is 9.89. The molecule has 1 amide bonds. The van der Waals surface area contributed by atoms with Crippen molar-refractivity contribution in [1.82, 2.24) is 5.32 Å². The van der Waals surface area contributed by atoms with Gasteiger partial charge in [-0.1, -0.05) is 15.9 Å². The van der Waals surface area contributed by atoms with Gasteiger partial charge in [0.25, 0.3) is 5.91 Å². The first kappa shape index (κ1) is 13.6. The molecule has 1 N–H and O–H groups in total. The van der Waals surface area contributed by atoms with Crippen LogP contribution in [0, 0.1) is 5.92 Å². The Morgan fingerprint density at radius 2 is 2.06 bits per heavy atom. The highest BCUT2D eigenvalue weighted by molar-refractivity contribution is 9.11. The fourth-order valence-corrected chi connectivity index (χ4v) is 3.92. The Kier molecular flexibility index (Phi) is 5.06. The molecular weight excluding hydrogens is 366 g/mol. The van der Waals surface area contributed by atoms with Crippen LogP contribution in [0.4, 0.5) is 0 Å². The monoisotopic (exact) mass is 379 g/mol. The van der Waals surface area contributed by atoms with E-state index in [4.69, 9.17) is 0 Å². The summed E-state index contributed by atoms with van der Waals surface area (Å²) in [5.74, 6) is 0.706. The Bertz CT molecular complexity index is 386. The van der Waals surface area contributed by atoms with Gasteiger partial charge < -0.3 is 5.32 Å². The van der Waals surface area contributed by atoms with E-state index in [9.17, 15) is 4.79 Å². The van der Waals surface area contributed by atoms with Crippen LogP contribution in [-0.4, -0.2) is 17.3 Å². The number of rotatable bonds is 3. The maximum absolute atomic E-state index is 11.8. The van der Waals surface area contributed by atoms with Gasteiger partial charge in [-0.25, -0.2) is 0 Å². The summed E-state index contributed by atoms with van der Waals surface area (Å²) in [6, 6.07) is 3.77. The zero-order chi connectivity index (χ0) is 12.3. The van der Waals surface area contributed by atoms with Crippen molar-refractivity contribution in [2.45, 2.75) is 30.5 Å². The van der Waals surface area contributed by atoms with E-state index < -0.39 is 0 Å². The third-order valence-corrected chi connectivity index (χ3v) is 5.66. The Hall–Kier alpha value is 0.130. The highest BCUT2D eigenvalue weighted by atomic mass is 79.9. The summed E-state index contributed by atoms with van der Waals surface area (Å²) in [4.78, 5) is 13.3. The van der Waals surface area contributed by atoms with Crippen LogP contribution in [-0.2, 0) is 0 Å². The van der Waals surface area contributed by atoms with Gasteiger partial charge in [-0.05, 0) is 59.7 Å². The molecule has 0 atom stereocenters. The molecule has 0 aromatic carbocycles. The van der Waals surface area contributed by atoms with Crippen LogP contribution in [0.3, 0.4) is 0 Å². The Morgan fingerprint density at radius 3 is 2.65 bits per heavy atom. The average molecular weight is 381 g/mol. The summed E-state index contributed by atoms with van der Waals surface area (Å²) >= 11 is 8.49. The second-order valence-corrected chi connectivity index (χ2v) is 8.19. The highest BCUT2D eigenvalue weighted by Crippen LogP contribution is 2.28. The van der Waals surface area contributed by atoms with Crippen LogP contribution >= 0.6 is 43.2 Å². The number of amides is 1. The minimum Gasteiger partial charge on any atom is -0.351 e. The Balaban J connectivity index is 1.76. The van der Waals surface area contributed by atoms with Crippen molar-refractivity contribution < 1.29 is 4.79 Å². The lowest BCUT2D eigenvalue weighted by Crippen LogP contribution is -2.30. The Labute approximate surface area is 122 Å². The van der Waals surface area contributed by atoms with Crippen molar-refractivity contribution in [3.63, 3.8) is 0 Å². The van der Waals surface area contributed by atoms with Crippen molar-refractivity contribution in [2.24, 2.45) is 5.92 Å². The Morgan fingerprint density at radius 1 is 1.35 bits per heavy atom. The van der Waals surface area contributed by atoms with Gasteiger partial charge in [0.15, 0.2) is 0 Å². The lowest BCUT2D eigenvalue weighted by molar-refractivity contribution is 0.0948. The zero-order valence-electron chi connectivity index (χ0n) is 9.42. The molecule has 0 spiro atoms. The molecule has 1 aromatic heterocycles. The molecule has 1 heterocycles. The summed E-state index contributed by atoms with van der Waals surface area (Å²) in [5, 5.41) is 3.03. The third-order valence-electron chi connectivity index (χ3n) is 3.12. The maximum atomic E-state index is 11.8. The minimum atomic E-state index is 0.0571. The van der Waals surface area contributed by atoms with Crippen LogP contribution in [0.15, 0.2) is 15.9 Å². The lowest BCUT2D eigenvalue weighted by Gasteiger charge is -2.25. The molecule has 17 heavy (non-hydrogen) atoms. The molecule has 1 aliphatic carbocycles. The smallest absolute Gasteiger partial charge is 0.261 e. The third kappa shape index (κ3) is 4.07. The van der Waals surface area contributed by atoms with Gasteiger partial charge in [0.2, 0.25) is 0 Å². The average Bonchev–Trinajstić information content (AvgIpc) is 2.75. The molecule has 2 nitrogen and oxygen atoms in total. The molecule has 1 saturated carbocycles. The van der Waals surface area contributed by atoms with E-state index >= 15 is 0 Å². The summed E-state index contributed by atoms with van der Waals surface area (Å²) in [6.07, 6.45) is 4.88. The fraction of sp³-hybridized carbons (Fsp3) is 0.583. The van der Waals surface area contributed by atoms with Gasteiger partial charge in [-0.2, -0.15) is 0 Å². The number of carbonyl (C=O) groups excluding carboxylic acids is 1. The van der Waals surface area contributed by atoms with Gasteiger partial charge in [0.05, 0.1) is 8.66 Å². The van der Waals surface area contributed by atoms with Crippen molar-refractivity contribution in [3.05, 3.63) is 20.8 Å². The fourth-order valence-electron chi connectivity index (χ4n) is 2.09. The van der Waals surface area contributed by atoms with E-state index in [0.29, 0.717) is 10.7 Å². The van der Waals surface area contributed by atoms with Crippen LogP contribution < -0.4 is 5.32 Å². The normalized spacial score (nSPS) is 24.6. The molecule has 2 rings (SSSR count). The van der Waals surface area contributed by atoms with Crippen molar-refractivity contribution in [1.29, 1.82) is 0 Å². The second kappa shape index (κ2) is 6.34. The van der Waals surface area contributed by atoms with Crippen LogP contribution in [0.1, 0.15) is 35.4 Å². The highest BCUT2D eigenvalue weighted by Gasteiger charge is 2.20. The SMILES string of the molecule is O=C(NCC1CCC(Br)CC1)c1ccc(Br)s1. The van der Waals surface area contributed by atoms with Crippen molar-refractivity contribution in [3.8, 4) is 0 Å². The molecule has 0 saturated heterocycles. The van der Waals surface area contributed by atoms with Crippen molar-refractivity contribution in [2.75, 3.05) is 6.54 Å². The van der Waals surface area contributed by atoms with Crippen molar-refractivity contribution >= 4 is 49.1 Å². The number of hydrogen-bond acceptors (Lipinski definition) is 2. The summed E-state index contributed by atoms with van der Waals surface area (Å²) in [7, 11) is 0. The van der Waals surface area contributed by atoms with Gasteiger partial charge in [0, 0.05) is 11.4 Å². The predicted octanol–water partition coefficient (Wildman–Crippen LogP) is 4.19. The number of thiophene rings is 1. The first-order chi connectivity index (χ1) is 8.15. The zero-order valence-corrected chi connectivity index (χ0v) is 13.4. The number of alkyl halides is 1. The van der Waals surface area contributed by atoms with Gasteiger partial charge in [0.1, 0.15) is 0 Å². The molecule has 0 aliphatic heterocycles. The van der Waals surface area contributed by atoms with Crippen LogP contribution in [0.2, 0.25) is 0 Å². The maximum Gasteiger partial charge on any atom is 0.261 e.